The van der Waals surface area contributed by atoms with E-state index in [0.29, 0.717) is 17.0 Å². The van der Waals surface area contributed by atoms with Gasteiger partial charge in [0.1, 0.15) is 5.69 Å². The Labute approximate surface area is 133 Å². The third-order valence-corrected chi connectivity index (χ3v) is 5.23. The van der Waals surface area contributed by atoms with Gasteiger partial charge in [0.25, 0.3) is 5.56 Å². The fraction of sp³-hybridized carbons (Fsp3) is 0.643. The van der Waals surface area contributed by atoms with Gasteiger partial charge in [0.15, 0.2) is 11.0 Å². The van der Waals surface area contributed by atoms with Crippen LogP contribution in [0.4, 0.5) is 11.5 Å². The number of amides is 1. The number of nitrogens with two attached hydrogens (primary N) is 2. The molecule has 0 bridgehead atoms. The van der Waals surface area contributed by atoms with Crippen LogP contribution in [0.2, 0.25) is 0 Å². The van der Waals surface area contributed by atoms with Crippen molar-refractivity contribution in [1.82, 2.24) is 15.3 Å². The van der Waals surface area contributed by atoms with Crippen LogP contribution in [0, 0.1) is 11.8 Å². The Hall–Kier alpha value is -1.70. The third-order valence-electron chi connectivity index (χ3n) is 4.36. The summed E-state index contributed by atoms with van der Waals surface area (Å²) in [5, 5.41) is 3.38. The lowest BCUT2D eigenvalue weighted by Crippen LogP contribution is -2.44. The predicted molar refractivity (Wildman–Crippen MR) is 88.5 cm³/mol. The third kappa shape index (κ3) is 3.94. The molecule has 3 atom stereocenters. The molecule has 0 aliphatic heterocycles. The first-order valence-electron chi connectivity index (χ1n) is 7.46. The standard InChI is InChI=1S/C14H23N5O2S/c1-7-4-3-5-9(8(7)2)17-10(20)6-22-14-18-12(16)11(15)13(21)19-14/h7-9H,3-6,15H2,1-2H3,(H,17,20)(H3,16,18,19,21). The van der Waals surface area contributed by atoms with E-state index in [2.05, 4.69) is 29.1 Å². The van der Waals surface area contributed by atoms with E-state index < -0.39 is 5.56 Å². The number of H-pyrrole nitrogens is 1. The minimum absolute atomic E-state index is 0.0126. The number of thioether (sulfide) groups is 1. The second-order valence-electron chi connectivity index (χ2n) is 5.90. The highest BCUT2D eigenvalue weighted by Crippen LogP contribution is 2.29. The summed E-state index contributed by atoms with van der Waals surface area (Å²) in [6, 6.07) is 0.223. The summed E-state index contributed by atoms with van der Waals surface area (Å²) < 4.78 is 0. The van der Waals surface area contributed by atoms with Gasteiger partial charge < -0.3 is 16.8 Å². The maximum absolute atomic E-state index is 12.1. The topological polar surface area (TPSA) is 127 Å². The lowest BCUT2D eigenvalue weighted by Gasteiger charge is -2.34. The predicted octanol–water partition coefficient (Wildman–Crippen LogP) is 0.967. The maximum atomic E-state index is 12.1. The van der Waals surface area contributed by atoms with E-state index in [0.717, 1.165) is 24.6 Å². The summed E-state index contributed by atoms with van der Waals surface area (Å²) in [5.74, 6) is 1.22. The van der Waals surface area contributed by atoms with E-state index in [9.17, 15) is 9.59 Å². The van der Waals surface area contributed by atoms with Gasteiger partial charge in [-0.3, -0.25) is 14.6 Å². The highest BCUT2D eigenvalue weighted by atomic mass is 32.2. The highest BCUT2D eigenvalue weighted by molar-refractivity contribution is 7.99. The first-order valence-corrected chi connectivity index (χ1v) is 8.44. The van der Waals surface area contributed by atoms with Gasteiger partial charge in [0.2, 0.25) is 5.91 Å². The van der Waals surface area contributed by atoms with Crippen LogP contribution in [0.3, 0.4) is 0 Å². The average molecular weight is 325 g/mol. The van der Waals surface area contributed by atoms with Gasteiger partial charge in [-0.1, -0.05) is 38.5 Å². The number of rotatable bonds is 4. The monoisotopic (exact) mass is 325 g/mol. The van der Waals surface area contributed by atoms with Gasteiger partial charge in [-0.2, -0.15) is 0 Å². The second kappa shape index (κ2) is 7.04. The van der Waals surface area contributed by atoms with Crippen LogP contribution in [0.25, 0.3) is 0 Å². The molecule has 1 aromatic heterocycles. The van der Waals surface area contributed by atoms with Crippen molar-refractivity contribution in [3.63, 3.8) is 0 Å². The number of nitrogen functional groups attached to an aromatic ring is 2. The van der Waals surface area contributed by atoms with Crippen LogP contribution in [0.1, 0.15) is 33.1 Å². The lowest BCUT2D eigenvalue weighted by molar-refractivity contribution is -0.120. The van der Waals surface area contributed by atoms with E-state index in [4.69, 9.17) is 11.5 Å². The molecule has 1 amide bonds. The molecule has 6 N–H and O–H groups in total. The summed E-state index contributed by atoms with van der Waals surface area (Å²) in [4.78, 5) is 30.0. The van der Waals surface area contributed by atoms with Gasteiger partial charge >= 0.3 is 0 Å². The van der Waals surface area contributed by atoms with Crippen molar-refractivity contribution in [2.75, 3.05) is 17.2 Å². The molecule has 0 radical (unpaired) electrons. The number of aromatic amines is 1. The van der Waals surface area contributed by atoms with Crippen LogP contribution >= 0.6 is 11.8 Å². The summed E-state index contributed by atoms with van der Waals surface area (Å²) in [7, 11) is 0. The Morgan fingerprint density at radius 1 is 1.41 bits per heavy atom. The number of nitrogens with one attached hydrogen (secondary N) is 2. The summed E-state index contributed by atoms with van der Waals surface area (Å²) in [6.07, 6.45) is 3.39. The normalized spacial score (nSPS) is 24.9. The molecule has 122 valence electrons. The fourth-order valence-corrected chi connectivity index (χ4v) is 3.39. The van der Waals surface area contributed by atoms with E-state index in [1.165, 1.54) is 6.42 Å². The van der Waals surface area contributed by atoms with Gasteiger partial charge in [0.05, 0.1) is 5.75 Å². The minimum Gasteiger partial charge on any atom is -0.391 e. The number of carbonyl (C=O) groups is 1. The van der Waals surface area contributed by atoms with Gasteiger partial charge in [-0.05, 0) is 18.3 Å². The molecule has 1 saturated carbocycles. The first kappa shape index (κ1) is 16.7. The van der Waals surface area contributed by atoms with Crippen molar-refractivity contribution in [2.24, 2.45) is 11.8 Å². The Bertz CT molecular complexity index is 603. The van der Waals surface area contributed by atoms with Gasteiger partial charge in [0, 0.05) is 6.04 Å². The van der Waals surface area contributed by atoms with Crippen LogP contribution in [0.5, 0.6) is 0 Å². The Balaban J connectivity index is 1.89. The molecular weight excluding hydrogens is 302 g/mol. The molecule has 2 rings (SSSR count). The number of anilines is 2. The molecule has 0 spiro atoms. The van der Waals surface area contributed by atoms with E-state index >= 15 is 0 Å². The largest absolute Gasteiger partial charge is 0.391 e. The highest BCUT2D eigenvalue weighted by Gasteiger charge is 2.28. The molecule has 1 aliphatic carbocycles. The number of aromatic nitrogens is 2. The van der Waals surface area contributed by atoms with Crippen LogP contribution in [-0.4, -0.2) is 27.7 Å². The van der Waals surface area contributed by atoms with Crippen molar-refractivity contribution >= 4 is 29.2 Å². The van der Waals surface area contributed by atoms with E-state index in [1.807, 2.05) is 0 Å². The average Bonchev–Trinajstić information content (AvgIpc) is 2.47. The molecule has 3 unspecified atom stereocenters. The molecule has 1 heterocycles. The number of carbonyl (C=O) groups excluding carboxylic acids is 1. The molecule has 0 aromatic carbocycles. The molecule has 7 nitrogen and oxygen atoms in total. The zero-order valence-corrected chi connectivity index (χ0v) is 13.7. The van der Waals surface area contributed by atoms with Crippen LogP contribution in [0.15, 0.2) is 9.95 Å². The fourth-order valence-electron chi connectivity index (χ4n) is 2.71. The molecule has 8 heteroatoms. The molecule has 22 heavy (non-hydrogen) atoms. The minimum atomic E-state index is -0.481. The molecule has 1 fully saturated rings. The van der Waals surface area contributed by atoms with Crippen molar-refractivity contribution in [2.45, 2.75) is 44.3 Å². The number of hydrogen-bond donors (Lipinski definition) is 4. The number of hydrogen-bond acceptors (Lipinski definition) is 6. The molecule has 1 aromatic rings. The van der Waals surface area contributed by atoms with Crippen molar-refractivity contribution < 1.29 is 4.79 Å². The number of nitrogens with zero attached hydrogens (tertiary/aromatic N) is 1. The lowest BCUT2D eigenvalue weighted by atomic mass is 9.78. The SMILES string of the molecule is CC1CCCC(NC(=O)CSc2nc(N)c(N)c(=O)[nH]2)C1C. The molecule has 0 saturated heterocycles. The first-order chi connectivity index (χ1) is 10.4. The Kier molecular flexibility index (Phi) is 5.33. The Morgan fingerprint density at radius 3 is 2.82 bits per heavy atom. The van der Waals surface area contributed by atoms with Crippen molar-refractivity contribution in [3.05, 3.63) is 10.4 Å². The van der Waals surface area contributed by atoms with E-state index in [1.54, 1.807) is 0 Å². The van der Waals surface area contributed by atoms with Gasteiger partial charge in [-0.15, -0.1) is 0 Å². The smallest absolute Gasteiger partial charge is 0.276 e. The van der Waals surface area contributed by atoms with Crippen LogP contribution < -0.4 is 22.3 Å². The van der Waals surface area contributed by atoms with Crippen LogP contribution in [-0.2, 0) is 4.79 Å². The molecular formula is C14H23N5O2S. The van der Waals surface area contributed by atoms with Crippen molar-refractivity contribution in [3.8, 4) is 0 Å². The summed E-state index contributed by atoms with van der Waals surface area (Å²) in [6.45, 7) is 4.41. The quantitative estimate of drug-likeness (QED) is 0.482. The summed E-state index contributed by atoms with van der Waals surface area (Å²) in [5.41, 5.74) is 10.4. The zero-order chi connectivity index (χ0) is 16.3. The summed E-state index contributed by atoms with van der Waals surface area (Å²) >= 11 is 1.14. The second-order valence-corrected chi connectivity index (χ2v) is 6.86. The van der Waals surface area contributed by atoms with Gasteiger partial charge in [-0.25, -0.2) is 4.98 Å². The zero-order valence-electron chi connectivity index (χ0n) is 12.9. The van der Waals surface area contributed by atoms with E-state index in [-0.39, 0.29) is 29.2 Å². The van der Waals surface area contributed by atoms with Crippen molar-refractivity contribution in [1.29, 1.82) is 0 Å². The molecule has 1 aliphatic rings. The Morgan fingerprint density at radius 2 is 2.14 bits per heavy atom. The maximum Gasteiger partial charge on any atom is 0.276 e.